The lowest BCUT2D eigenvalue weighted by atomic mass is 10.0. The quantitative estimate of drug-likeness (QED) is 0.0320. The lowest BCUT2D eigenvalue weighted by Gasteiger charge is -2.20. The van der Waals surface area contributed by atoms with Crippen LogP contribution >= 0.6 is 0 Å². The first-order valence-corrected chi connectivity index (χ1v) is 39.0. The molecule has 0 aromatic rings. The van der Waals surface area contributed by atoms with Crippen LogP contribution in [0, 0.1) is 0 Å². The van der Waals surface area contributed by atoms with Gasteiger partial charge in [0.2, 0.25) is 5.91 Å². The van der Waals surface area contributed by atoms with E-state index in [1.165, 1.54) is 385 Å². The van der Waals surface area contributed by atoms with Crippen LogP contribution in [0.5, 0.6) is 0 Å². The zero-order valence-corrected chi connectivity index (χ0v) is 57.4. The highest BCUT2D eigenvalue weighted by Crippen LogP contribution is 2.20. The average Bonchev–Trinajstić information content (AvgIpc) is 3.53. The fourth-order valence-electron chi connectivity index (χ4n) is 12.6. The highest BCUT2D eigenvalue weighted by Gasteiger charge is 2.18. The van der Waals surface area contributed by atoms with Gasteiger partial charge in [-0.2, -0.15) is 0 Å². The van der Waals surface area contributed by atoms with E-state index in [0.717, 1.165) is 38.5 Å². The molecule has 6 nitrogen and oxygen atoms in total. The van der Waals surface area contributed by atoms with Gasteiger partial charge in [-0.25, -0.2) is 0 Å². The number of carbonyl (C=O) groups excluding carboxylic acids is 2. The van der Waals surface area contributed by atoms with Crippen molar-refractivity contribution in [3.05, 3.63) is 12.2 Å². The molecule has 0 aromatic carbocycles. The molecule has 0 aromatic heterocycles. The number of aliphatic hydroxyl groups is 2. The van der Waals surface area contributed by atoms with Gasteiger partial charge in [-0.1, -0.05) is 418 Å². The molecule has 2 unspecified atom stereocenters. The SMILES string of the molecule is CCCCCCCCCCCCCCCCCCCCCC/C=C/C(O)C(CO)NC(=O)CCCCCCCCCCCCCCCCCCCCCCCCCCCCCCCCCCOC(=O)CCCCCCCCCCCCCCC. The van der Waals surface area contributed by atoms with Crippen molar-refractivity contribution in [3.63, 3.8) is 0 Å². The number of carbonyl (C=O) groups is 2. The second-order valence-electron chi connectivity index (χ2n) is 27.1. The molecule has 0 aliphatic rings. The maximum absolute atomic E-state index is 12.5. The molecule has 1 amide bonds. The molecule has 0 saturated carbocycles. The topological polar surface area (TPSA) is 95.9 Å². The van der Waals surface area contributed by atoms with Crippen LogP contribution in [0.3, 0.4) is 0 Å². The van der Waals surface area contributed by atoms with Gasteiger partial charge >= 0.3 is 5.97 Å². The van der Waals surface area contributed by atoms with E-state index in [1.807, 2.05) is 6.08 Å². The Bertz CT molecular complexity index is 1270. The first-order chi connectivity index (χ1) is 41.5. The van der Waals surface area contributed by atoms with E-state index in [9.17, 15) is 19.8 Å². The lowest BCUT2D eigenvalue weighted by Crippen LogP contribution is -2.45. The maximum Gasteiger partial charge on any atom is 0.305 e. The zero-order valence-electron chi connectivity index (χ0n) is 57.4. The van der Waals surface area contributed by atoms with E-state index in [-0.39, 0.29) is 18.5 Å². The third kappa shape index (κ3) is 69.7. The molecule has 84 heavy (non-hydrogen) atoms. The molecular weight excluding hydrogens is 1030 g/mol. The minimum Gasteiger partial charge on any atom is -0.466 e. The van der Waals surface area contributed by atoms with E-state index >= 15 is 0 Å². The molecule has 0 heterocycles. The first kappa shape index (κ1) is 82.6. The third-order valence-corrected chi connectivity index (χ3v) is 18.6. The lowest BCUT2D eigenvalue weighted by molar-refractivity contribution is -0.143. The van der Waals surface area contributed by atoms with Gasteiger partial charge < -0.3 is 20.3 Å². The summed E-state index contributed by atoms with van der Waals surface area (Å²) in [6, 6.07) is -0.625. The third-order valence-electron chi connectivity index (χ3n) is 18.6. The minimum atomic E-state index is -0.842. The van der Waals surface area contributed by atoms with Crippen molar-refractivity contribution in [1.82, 2.24) is 5.32 Å². The fourth-order valence-corrected chi connectivity index (χ4v) is 12.6. The van der Waals surface area contributed by atoms with Gasteiger partial charge in [0, 0.05) is 12.8 Å². The van der Waals surface area contributed by atoms with E-state index in [4.69, 9.17) is 4.74 Å². The Hall–Kier alpha value is -1.40. The number of hydrogen-bond acceptors (Lipinski definition) is 5. The second kappa shape index (κ2) is 74.1. The molecule has 0 aliphatic carbocycles. The van der Waals surface area contributed by atoms with Crippen LogP contribution < -0.4 is 5.32 Å². The number of esters is 1. The van der Waals surface area contributed by atoms with Gasteiger partial charge in [-0.15, -0.1) is 0 Å². The van der Waals surface area contributed by atoms with Crippen molar-refractivity contribution in [1.29, 1.82) is 0 Å². The predicted octanol–water partition coefficient (Wildman–Crippen LogP) is 25.5. The molecule has 0 radical (unpaired) electrons. The average molecular weight is 1190 g/mol. The van der Waals surface area contributed by atoms with Crippen molar-refractivity contribution in [2.24, 2.45) is 0 Å². The maximum atomic E-state index is 12.5. The van der Waals surface area contributed by atoms with E-state index in [2.05, 4.69) is 19.2 Å². The number of allylic oxidation sites excluding steroid dienone is 1. The van der Waals surface area contributed by atoms with Crippen LogP contribution in [0.4, 0.5) is 0 Å². The van der Waals surface area contributed by atoms with Gasteiger partial charge in [-0.05, 0) is 32.1 Å². The summed E-state index contributed by atoms with van der Waals surface area (Å²) >= 11 is 0. The summed E-state index contributed by atoms with van der Waals surface area (Å²) in [4.78, 5) is 24.6. The number of unbranched alkanes of at least 4 members (excludes halogenated alkanes) is 63. The van der Waals surface area contributed by atoms with Gasteiger partial charge in [0.25, 0.3) is 0 Å². The largest absolute Gasteiger partial charge is 0.466 e. The van der Waals surface area contributed by atoms with Crippen molar-refractivity contribution < 1.29 is 24.5 Å². The number of nitrogens with one attached hydrogen (secondary N) is 1. The normalized spacial score (nSPS) is 12.5. The van der Waals surface area contributed by atoms with Crippen LogP contribution in [-0.4, -0.2) is 47.4 Å². The van der Waals surface area contributed by atoms with Gasteiger partial charge in [0.1, 0.15) is 0 Å². The molecular formula is C78H153NO5. The summed E-state index contributed by atoms with van der Waals surface area (Å²) in [6.07, 6.45) is 93.3. The molecule has 0 bridgehead atoms. The highest BCUT2D eigenvalue weighted by atomic mass is 16.5. The summed E-state index contributed by atoms with van der Waals surface area (Å²) in [6.45, 7) is 4.96. The smallest absolute Gasteiger partial charge is 0.305 e. The summed E-state index contributed by atoms with van der Waals surface area (Å²) in [5.74, 6) is -0.0345. The number of rotatable bonds is 74. The van der Waals surface area contributed by atoms with E-state index in [0.29, 0.717) is 19.4 Å². The Morgan fingerprint density at radius 1 is 0.321 bits per heavy atom. The van der Waals surface area contributed by atoms with E-state index in [1.54, 1.807) is 6.08 Å². The minimum absolute atomic E-state index is 0.0236. The highest BCUT2D eigenvalue weighted by molar-refractivity contribution is 5.76. The monoisotopic (exact) mass is 1180 g/mol. The molecule has 0 aliphatic heterocycles. The van der Waals surface area contributed by atoms with Crippen molar-refractivity contribution in [2.75, 3.05) is 13.2 Å². The Morgan fingerprint density at radius 2 is 0.548 bits per heavy atom. The van der Waals surface area contributed by atoms with Crippen molar-refractivity contribution in [3.8, 4) is 0 Å². The van der Waals surface area contributed by atoms with Crippen molar-refractivity contribution >= 4 is 11.9 Å². The molecule has 2 atom stereocenters. The second-order valence-corrected chi connectivity index (χ2v) is 27.1. The number of aliphatic hydroxyl groups excluding tert-OH is 2. The van der Waals surface area contributed by atoms with Crippen LogP contribution in [0.15, 0.2) is 12.2 Å². The Kier molecular flexibility index (Phi) is 72.8. The van der Waals surface area contributed by atoms with Gasteiger partial charge in [0.15, 0.2) is 0 Å². The Morgan fingerprint density at radius 3 is 0.810 bits per heavy atom. The number of ether oxygens (including phenoxy) is 1. The number of hydrogen-bond donors (Lipinski definition) is 3. The standard InChI is InChI=1S/C78H153NO5/c1-3-5-7-9-11-13-15-17-18-19-20-21-34-37-40-43-47-50-54-58-62-66-70-76(81)75(74-80)79-77(82)71-67-63-59-55-51-48-44-41-38-35-32-30-28-26-24-22-23-25-27-29-31-33-36-39-42-45-49-53-57-61-65-69-73-84-78(83)72-68-64-60-56-52-46-16-14-12-10-8-6-4-2/h66,70,75-76,80-81H,3-65,67-69,71-74H2,1-2H3,(H,79,82)/b70-66+. The Balaban J connectivity index is 3.34. The summed E-state index contributed by atoms with van der Waals surface area (Å²) < 4.78 is 5.50. The molecule has 0 saturated heterocycles. The Labute approximate surface area is 527 Å². The fraction of sp³-hybridized carbons (Fsp3) is 0.949. The zero-order chi connectivity index (χ0) is 60.6. The van der Waals surface area contributed by atoms with Crippen LogP contribution in [0.1, 0.15) is 450 Å². The molecule has 6 heteroatoms. The van der Waals surface area contributed by atoms with Crippen LogP contribution in [-0.2, 0) is 14.3 Å². The van der Waals surface area contributed by atoms with Gasteiger partial charge in [-0.3, -0.25) is 9.59 Å². The summed E-state index contributed by atoms with van der Waals surface area (Å²) in [5.41, 5.74) is 0. The molecule has 0 rings (SSSR count). The van der Waals surface area contributed by atoms with Crippen LogP contribution in [0.2, 0.25) is 0 Å². The predicted molar refractivity (Wildman–Crippen MR) is 370 cm³/mol. The molecule has 0 fully saturated rings. The van der Waals surface area contributed by atoms with Crippen LogP contribution in [0.25, 0.3) is 0 Å². The van der Waals surface area contributed by atoms with E-state index < -0.39 is 12.1 Å². The van der Waals surface area contributed by atoms with Crippen molar-refractivity contribution in [2.45, 2.75) is 463 Å². The summed E-state index contributed by atoms with van der Waals surface area (Å²) in [5, 5.41) is 23.3. The molecule has 500 valence electrons. The first-order valence-electron chi connectivity index (χ1n) is 39.0. The van der Waals surface area contributed by atoms with Gasteiger partial charge in [0.05, 0.1) is 25.4 Å². The summed E-state index contributed by atoms with van der Waals surface area (Å²) in [7, 11) is 0. The number of amides is 1. The molecule has 0 spiro atoms. The molecule has 3 N–H and O–H groups in total.